The van der Waals surface area contributed by atoms with E-state index >= 15 is 0 Å². The molecule has 2 atom stereocenters. The Morgan fingerprint density at radius 2 is 1.90 bits per heavy atom. The van der Waals surface area contributed by atoms with Crippen molar-refractivity contribution in [1.29, 1.82) is 0 Å². The second kappa shape index (κ2) is 6.73. The Bertz CT molecular complexity index is 425. The fourth-order valence-corrected chi connectivity index (χ4v) is 2.10. The summed E-state index contributed by atoms with van der Waals surface area (Å²) in [5.41, 5.74) is 10.1. The second-order valence-electron chi connectivity index (χ2n) is 4.62. The number of primary amides is 2. The summed E-state index contributed by atoms with van der Waals surface area (Å²) >= 11 is 0. The predicted octanol–water partition coefficient (Wildman–Crippen LogP) is -1.64. The van der Waals surface area contributed by atoms with E-state index in [2.05, 4.69) is 5.32 Å². The number of carbonyl (C=O) groups excluding carboxylic acids is 3. The number of nitrogens with one attached hydrogen (secondary N) is 1. The second-order valence-corrected chi connectivity index (χ2v) is 4.62. The Kier molecular flexibility index (Phi) is 5.30. The van der Waals surface area contributed by atoms with Gasteiger partial charge in [0.15, 0.2) is 0 Å². The molecule has 0 aromatic carbocycles. The molecule has 1 heterocycles. The third-order valence-electron chi connectivity index (χ3n) is 3.09. The van der Waals surface area contributed by atoms with Crippen LogP contribution >= 0.6 is 0 Å². The highest BCUT2D eigenvalue weighted by atomic mass is 16.4. The highest BCUT2D eigenvalue weighted by Crippen LogP contribution is 2.17. The van der Waals surface area contributed by atoms with Crippen LogP contribution in [0, 0.1) is 0 Å². The maximum Gasteiger partial charge on any atom is 0.326 e. The topological polar surface area (TPSA) is 156 Å². The molecule has 1 rings (SSSR count). The van der Waals surface area contributed by atoms with Gasteiger partial charge in [0.25, 0.3) is 0 Å². The maximum absolute atomic E-state index is 12.0. The number of urea groups is 1. The van der Waals surface area contributed by atoms with Crippen LogP contribution in [0.25, 0.3) is 0 Å². The van der Waals surface area contributed by atoms with Gasteiger partial charge in [0.2, 0.25) is 11.8 Å². The van der Waals surface area contributed by atoms with Crippen LogP contribution in [0.5, 0.6) is 0 Å². The summed E-state index contributed by atoms with van der Waals surface area (Å²) in [5.74, 6) is -2.85. The lowest BCUT2D eigenvalue weighted by Crippen LogP contribution is -2.56. The molecule has 1 saturated heterocycles. The van der Waals surface area contributed by atoms with Gasteiger partial charge >= 0.3 is 12.0 Å². The van der Waals surface area contributed by atoms with Crippen molar-refractivity contribution in [2.75, 3.05) is 6.54 Å². The first-order valence-electron chi connectivity index (χ1n) is 6.20. The van der Waals surface area contributed by atoms with Crippen LogP contribution in [-0.2, 0) is 14.4 Å². The predicted molar refractivity (Wildman–Crippen MR) is 67.3 cm³/mol. The van der Waals surface area contributed by atoms with Crippen LogP contribution < -0.4 is 16.8 Å². The van der Waals surface area contributed by atoms with E-state index < -0.39 is 42.3 Å². The quantitative estimate of drug-likeness (QED) is 0.477. The van der Waals surface area contributed by atoms with Crippen LogP contribution in [0.1, 0.15) is 25.7 Å². The van der Waals surface area contributed by atoms with Crippen LogP contribution in [0.4, 0.5) is 4.79 Å². The lowest BCUT2D eigenvalue weighted by Gasteiger charge is -2.34. The maximum atomic E-state index is 12.0. The molecule has 9 nitrogen and oxygen atoms in total. The Balaban J connectivity index is 2.73. The van der Waals surface area contributed by atoms with E-state index in [9.17, 15) is 19.2 Å². The molecule has 1 fully saturated rings. The number of piperidine rings is 1. The number of nitrogens with zero attached hydrogens (tertiary/aromatic N) is 1. The van der Waals surface area contributed by atoms with Crippen molar-refractivity contribution in [3.63, 3.8) is 0 Å². The minimum absolute atomic E-state index is 0.308. The first-order chi connectivity index (χ1) is 9.32. The Labute approximate surface area is 115 Å². The first kappa shape index (κ1) is 15.7. The van der Waals surface area contributed by atoms with Gasteiger partial charge in [-0.05, 0) is 19.3 Å². The smallest absolute Gasteiger partial charge is 0.326 e. The summed E-state index contributed by atoms with van der Waals surface area (Å²) in [6.45, 7) is 0.308. The molecule has 0 bridgehead atoms. The molecular formula is C11H18N4O5. The van der Waals surface area contributed by atoms with Crippen molar-refractivity contribution >= 4 is 23.8 Å². The zero-order valence-corrected chi connectivity index (χ0v) is 10.9. The van der Waals surface area contributed by atoms with Gasteiger partial charge < -0.3 is 26.8 Å². The molecular weight excluding hydrogens is 268 g/mol. The first-order valence-corrected chi connectivity index (χ1v) is 6.20. The van der Waals surface area contributed by atoms with E-state index in [1.165, 1.54) is 4.90 Å². The highest BCUT2D eigenvalue weighted by Gasteiger charge is 2.33. The van der Waals surface area contributed by atoms with Gasteiger partial charge in [-0.2, -0.15) is 0 Å². The Morgan fingerprint density at radius 1 is 1.25 bits per heavy atom. The molecule has 6 N–H and O–H groups in total. The van der Waals surface area contributed by atoms with E-state index in [0.717, 1.165) is 6.42 Å². The molecule has 9 heteroatoms. The Hall–Kier alpha value is -2.32. The van der Waals surface area contributed by atoms with Crippen molar-refractivity contribution in [2.24, 2.45) is 11.5 Å². The monoisotopic (exact) mass is 286 g/mol. The van der Waals surface area contributed by atoms with Crippen molar-refractivity contribution < 1.29 is 24.3 Å². The summed E-state index contributed by atoms with van der Waals surface area (Å²) in [5, 5.41) is 11.1. The fourth-order valence-electron chi connectivity index (χ4n) is 2.10. The van der Waals surface area contributed by atoms with Crippen LogP contribution in [0.15, 0.2) is 0 Å². The molecule has 112 valence electrons. The van der Waals surface area contributed by atoms with E-state index in [-0.39, 0.29) is 0 Å². The standard InChI is InChI=1S/C11H18N4O5/c12-8(16)5-6(10(18)19)14-11(20)15-4-2-1-3-7(15)9(13)17/h6-7H,1-5H2,(H2,12,16)(H2,13,17)(H,14,20)(H,18,19)/t6-,7?/m0/s1. The summed E-state index contributed by atoms with van der Waals surface area (Å²) in [4.78, 5) is 46.2. The number of amides is 4. The average molecular weight is 286 g/mol. The summed E-state index contributed by atoms with van der Waals surface area (Å²) in [6.07, 6.45) is 1.39. The number of carboxylic acids is 1. The minimum atomic E-state index is -1.42. The largest absolute Gasteiger partial charge is 0.480 e. The average Bonchev–Trinajstić information content (AvgIpc) is 2.37. The van der Waals surface area contributed by atoms with Crippen molar-refractivity contribution in [3.05, 3.63) is 0 Å². The minimum Gasteiger partial charge on any atom is -0.480 e. The zero-order chi connectivity index (χ0) is 15.3. The molecule has 0 aromatic rings. The van der Waals surface area contributed by atoms with Gasteiger partial charge in [-0.1, -0.05) is 0 Å². The van der Waals surface area contributed by atoms with Gasteiger partial charge in [0, 0.05) is 6.54 Å². The zero-order valence-electron chi connectivity index (χ0n) is 10.9. The van der Waals surface area contributed by atoms with Gasteiger partial charge in [0.1, 0.15) is 12.1 Å². The van der Waals surface area contributed by atoms with Crippen molar-refractivity contribution in [3.8, 4) is 0 Å². The van der Waals surface area contributed by atoms with Gasteiger partial charge in [0.05, 0.1) is 6.42 Å². The van der Waals surface area contributed by atoms with Gasteiger partial charge in [-0.25, -0.2) is 9.59 Å². The molecule has 4 amide bonds. The van der Waals surface area contributed by atoms with E-state index in [4.69, 9.17) is 16.6 Å². The number of aliphatic carboxylic acids is 1. The molecule has 0 radical (unpaired) electrons. The van der Waals surface area contributed by atoms with Gasteiger partial charge in [-0.3, -0.25) is 9.59 Å². The number of nitrogens with two attached hydrogens (primary N) is 2. The number of carbonyl (C=O) groups is 4. The van der Waals surface area contributed by atoms with Crippen LogP contribution in [0.2, 0.25) is 0 Å². The SMILES string of the molecule is NC(=O)C[C@H](NC(=O)N1CCCCC1C(N)=O)C(=O)O. The lowest BCUT2D eigenvalue weighted by atomic mass is 10.0. The summed E-state index contributed by atoms with van der Waals surface area (Å²) < 4.78 is 0. The number of hydrogen-bond donors (Lipinski definition) is 4. The Morgan fingerprint density at radius 3 is 2.40 bits per heavy atom. The molecule has 0 saturated carbocycles. The van der Waals surface area contributed by atoms with Crippen molar-refractivity contribution in [2.45, 2.75) is 37.8 Å². The molecule has 1 aliphatic rings. The third kappa shape index (κ3) is 4.11. The third-order valence-corrected chi connectivity index (χ3v) is 3.09. The van der Waals surface area contributed by atoms with Crippen LogP contribution in [0.3, 0.4) is 0 Å². The summed E-state index contributed by atoms with van der Waals surface area (Å²) in [7, 11) is 0. The molecule has 0 spiro atoms. The molecule has 0 aliphatic carbocycles. The van der Waals surface area contributed by atoms with Crippen molar-refractivity contribution in [1.82, 2.24) is 10.2 Å². The van der Waals surface area contributed by atoms with Crippen LogP contribution in [-0.4, -0.2) is 52.4 Å². The molecule has 1 unspecified atom stereocenters. The normalized spacial score (nSPS) is 20.0. The van der Waals surface area contributed by atoms with E-state index in [1.54, 1.807) is 0 Å². The number of hydrogen-bond acceptors (Lipinski definition) is 4. The molecule has 20 heavy (non-hydrogen) atoms. The number of carboxylic acid groups (broad SMARTS) is 1. The van der Waals surface area contributed by atoms with E-state index in [1.807, 2.05) is 0 Å². The van der Waals surface area contributed by atoms with Gasteiger partial charge in [-0.15, -0.1) is 0 Å². The number of likely N-dealkylation sites (tertiary alicyclic amines) is 1. The molecule has 1 aliphatic heterocycles. The highest BCUT2D eigenvalue weighted by molar-refractivity contribution is 5.90. The lowest BCUT2D eigenvalue weighted by molar-refractivity contribution is -0.141. The summed E-state index contributed by atoms with van der Waals surface area (Å²) in [6, 6.07) is -2.91. The fraction of sp³-hybridized carbons (Fsp3) is 0.636. The molecule has 0 aromatic heterocycles. The number of rotatable bonds is 5. The van der Waals surface area contributed by atoms with E-state index in [0.29, 0.717) is 19.4 Å².